The fraction of sp³-hybridized carbons (Fsp3) is 0.750. The second-order valence-corrected chi connectivity index (χ2v) is 8.43. The minimum Gasteiger partial charge on any atom is -0.352 e. The van der Waals surface area contributed by atoms with Crippen LogP contribution in [0.15, 0.2) is 12.4 Å². The summed E-state index contributed by atoms with van der Waals surface area (Å²) in [6.07, 6.45) is 7.95. The van der Waals surface area contributed by atoms with Gasteiger partial charge in [0.15, 0.2) is 0 Å². The van der Waals surface area contributed by atoms with Crippen molar-refractivity contribution in [3.63, 3.8) is 0 Å². The van der Waals surface area contributed by atoms with Crippen LogP contribution in [0.3, 0.4) is 0 Å². The maximum Gasteiger partial charge on any atom is 0.222 e. The summed E-state index contributed by atoms with van der Waals surface area (Å²) in [5.74, 6) is 1.12. The third-order valence-electron chi connectivity index (χ3n) is 4.58. The molecule has 1 aromatic rings. The first-order chi connectivity index (χ1) is 11.3. The molecule has 1 N–H and O–H groups in total. The average Bonchev–Trinajstić information content (AvgIpc) is 3.12. The summed E-state index contributed by atoms with van der Waals surface area (Å²) in [7, 11) is -3.21. The lowest BCUT2D eigenvalue weighted by atomic mass is 9.98. The van der Waals surface area contributed by atoms with Crippen LogP contribution in [0.2, 0.25) is 0 Å². The molecule has 2 rings (SSSR count). The van der Waals surface area contributed by atoms with E-state index in [1.807, 2.05) is 17.7 Å². The van der Waals surface area contributed by atoms with Gasteiger partial charge in [0.05, 0.1) is 6.26 Å². The molecule has 1 amide bonds. The van der Waals surface area contributed by atoms with Crippen LogP contribution in [0, 0.1) is 5.92 Å². The number of carbonyl (C=O) groups is 1. The van der Waals surface area contributed by atoms with Crippen LogP contribution in [0.4, 0.5) is 0 Å². The summed E-state index contributed by atoms with van der Waals surface area (Å²) in [4.78, 5) is 16.5. The maximum absolute atomic E-state index is 12.3. The Kier molecular flexibility index (Phi) is 6.40. The van der Waals surface area contributed by atoms with Crippen molar-refractivity contribution in [1.82, 2.24) is 19.2 Å². The van der Waals surface area contributed by atoms with Gasteiger partial charge in [-0.25, -0.2) is 13.4 Å². The molecule has 0 aliphatic carbocycles. The van der Waals surface area contributed by atoms with Crippen LogP contribution < -0.4 is 5.32 Å². The van der Waals surface area contributed by atoms with E-state index in [0.717, 1.165) is 25.1 Å². The van der Waals surface area contributed by atoms with Gasteiger partial charge < -0.3 is 9.88 Å². The highest BCUT2D eigenvalue weighted by Crippen LogP contribution is 2.23. The van der Waals surface area contributed by atoms with Gasteiger partial charge in [-0.15, -0.1) is 0 Å². The summed E-state index contributed by atoms with van der Waals surface area (Å²) in [6, 6.07) is -0.0967. The molecule has 1 aromatic heterocycles. The van der Waals surface area contributed by atoms with Crippen LogP contribution >= 0.6 is 0 Å². The molecular weight excluding hydrogens is 328 g/mol. The fourth-order valence-electron chi connectivity index (χ4n) is 3.29. The van der Waals surface area contributed by atoms with Gasteiger partial charge in [0.2, 0.25) is 15.9 Å². The second-order valence-electron chi connectivity index (χ2n) is 6.44. The Balaban J connectivity index is 1.91. The van der Waals surface area contributed by atoms with Crippen LogP contribution in [0.25, 0.3) is 0 Å². The lowest BCUT2D eigenvalue weighted by Crippen LogP contribution is -2.41. The van der Waals surface area contributed by atoms with Gasteiger partial charge in [0, 0.05) is 50.9 Å². The van der Waals surface area contributed by atoms with Crippen LogP contribution in [-0.4, -0.2) is 53.6 Å². The maximum atomic E-state index is 12.3. The first-order valence-electron chi connectivity index (χ1n) is 8.59. The van der Waals surface area contributed by atoms with Gasteiger partial charge in [0.1, 0.15) is 5.82 Å². The predicted octanol–water partition coefficient (Wildman–Crippen LogP) is 1.01. The van der Waals surface area contributed by atoms with E-state index in [4.69, 9.17) is 0 Å². The number of aryl methyl sites for hydroxylation is 2. The van der Waals surface area contributed by atoms with Crippen molar-refractivity contribution in [3.8, 4) is 0 Å². The van der Waals surface area contributed by atoms with Gasteiger partial charge in [-0.2, -0.15) is 4.31 Å². The molecule has 0 radical (unpaired) electrons. The van der Waals surface area contributed by atoms with Crippen LogP contribution in [0.5, 0.6) is 0 Å². The van der Waals surface area contributed by atoms with Gasteiger partial charge in [0.25, 0.3) is 0 Å². The molecule has 7 nitrogen and oxygen atoms in total. The largest absolute Gasteiger partial charge is 0.352 e. The number of hydrogen-bond acceptors (Lipinski definition) is 4. The lowest BCUT2D eigenvalue weighted by molar-refractivity contribution is -0.122. The first kappa shape index (κ1) is 18.9. The number of sulfonamides is 1. The smallest absolute Gasteiger partial charge is 0.222 e. The zero-order valence-corrected chi connectivity index (χ0v) is 15.6. The Hall–Kier alpha value is -1.41. The third kappa shape index (κ3) is 4.80. The van der Waals surface area contributed by atoms with Crippen molar-refractivity contribution in [1.29, 1.82) is 0 Å². The fourth-order valence-corrected chi connectivity index (χ4v) is 4.18. The van der Waals surface area contributed by atoms with E-state index in [2.05, 4.69) is 17.2 Å². The quantitative estimate of drug-likeness (QED) is 0.753. The summed E-state index contributed by atoms with van der Waals surface area (Å²) < 4.78 is 27.0. The molecule has 0 bridgehead atoms. The Morgan fingerprint density at radius 3 is 2.75 bits per heavy atom. The number of nitrogens with zero attached hydrogens (tertiary/aromatic N) is 3. The summed E-state index contributed by atoms with van der Waals surface area (Å²) in [5, 5.41) is 3.04. The average molecular weight is 356 g/mol. The standard InChI is InChI=1S/C16H28N4O3S/c1-4-6-13-11-20(24(3,22)23)12-14(13)18-16(21)7-9-19-10-8-17-15(19)5-2/h8,10,13-14H,4-7,9,11-12H2,1-3H3,(H,18,21). The molecule has 1 fully saturated rings. The highest BCUT2D eigenvalue weighted by Gasteiger charge is 2.37. The molecule has 0 spiro atoms. The second kappa shape index (κ2) is 8.11. The molecule has 8 heteroatoms. The molecule has 2 atom stereocenters. The monoisotopic (exact) mass is 356 g/mol. The molecule has 136 valence electrons. The first-order valence-corrected chi connectivity index (χ1v) is 10.4. The topological polar surface area (TPSA) is 84.3 Å². The normalized spacial score (nSPS) is 22.0. The molecular formula is C16H28N4O3S. The minimum absolute atomic E-state index is 0.0350. The number of carbonyl (C=O) groups excluding carboxylic acids is 1. The molecule has 1 aliphatic heterocycles. The van der Waals surface area contributed by atoms with Gasteiger partial charge >= 0.3 is 0 Å². The molecule has 0 aromatic carbocycles. The molecule has 0 saturated carbocycles. The van der Waals surface area contributed by atoms with Crippen molar-refractivity contribution >= 4 is 15.9 Å². The number of hydrogen-bond donors (Lipinski definition) is 1. The van der Waals surface area contributed by atoms with Crippen molar-refractivity contribution in [2.24, 2.45) is 5.92 Å². The lowest BCUT2D eigenvalue weighted by Gasteiger charge is -2.19. The summed E-state index contributed by atoms with van der Waals surface area (Å²) in [5.41, 5.74) is 0. The highest BCUT2D eigenvalue weighted by atomic mass is 32.2. The van der Waals surface area contributed by atoms with Gasteiger partial charge in [-0.05, 0) is 12.3 Å². The SMILES string of the molecule is CCCC1CN(S(C)(=O)=O)CC1NC(=O)CCn1ccnc1CC. The zero-order valence-electron chi connectivity index (χ0n) is 14.7. The Labute approximate surface area is 144 Å². The molecule has 1 saturated heterocycles. The number of imidazole rings is 1. The van der Waals surface area contributed by atoms with E-state index in [0.29, 0.717) is 26.1 Å². The van der Waals surface area contributed by atoms with E-state index in [9.17, 15) is 13.2 Å². The minimum atomic E-state index is -3.21. The van der Waals surface area contributed by atoms with E-state index < -0.39 is 10.0 Å². The van der Waals surface area contributed by atoms with Gasteiger partial charge in [-0.3, -0.25) is 4.79 Å². The molecule has 1 aliphatic rings. The summed E-state index contributed by atoms with van der Waals surface area (Å²) in [6.45, 7) is 5.58. The molecule has 24 heavy (non-hydrogen) atoms. The van der Waals surface area contributed by atoms with E-state index in [1.54, 1.807) is 6.20 Å². The Morgan fingerprint density at radius 2 is 2.12 bits per heavy atom. The van der Waals surface area contributed by atoms with Crippen LogP contribution in [-0.2, 0) is 27.8 Å². The molecule has 2 unspecified atom stereocenters. The van der Waals surface area contributed by atoms with E-state index in [1.165, 1.54) is 10.6 Å². The highest BCUT2D eigenvalue weighted by molar-refractivity contribution is 7.88. The van der Waals surface area contributed by atoms with Crippen molar-refractivity contribution < 1.29 is 13.2 Å². The van der Waals surface area contributed by atoms with Crippen LogP contribution in [0.1, 0.15) is 38.9 Å². The number of rotatable bonds is 8. The van der Waals surface area contributed by atoms with E-state index >= 15 is 0 Å². The molecule has 2 heterocycles. The van der Waals surface area contributed by atoms with Gasteiger partial charge in [-0.1, -0.05) is 20.3 Å². The number of aromatic nitrogens is 2. The predicted molar refractivity (Wildman–Crippen MR) is 93.0 cm³/mol. The Morgan fingerprint density at radius 1 is 1.38 bits per heavy atom. The van der Waals surface area contributed by atoms with E-state index in [-0.39, 0.29) is 17.9 Å². The number of nitrogens with one attached hydrogen (secondary N) is 1. The zero-order chi connectivity index (χ0) is 17.7. The summed E-state index contributed by atoms with van der Waals surface area (Å²) >= 11 is 0. The Bertz CT molecular complexity index is 656. The third-order valence-corrected chi connectivity index (χ3v) is 5.82. The van der Waals surface area contributed by atoms with Crippen molar-refractivity contribution in [3.05, 3.63) is 18.2 Å². The van der Waals surface area contributed by atoms with Crippen molar-refractivity contribution in [2.75, 3.05) is 19.3 Å². The van der Waals surface area contributed by atoms with Crippen molar-refractivity contribution in [2.45, 2.75) is 52.1 Å². The number of amides is 1.